The lowest BCUT2D eigenvalue weighted by molar-refractivity contribution is -0.118. The first-order chi connectivity index (χ1) is 6.45. The summed E-state index contributed by atoms with van der Waals surface area (Å²) in [5, 5.41) is 2.60. The molecule has 8 heteroatoms. The summed E-state index contributed by atoms with van der Waals surface area (Å²) >= 11 is 1.26. The van der Waals surface area contributed by atoms with Crippen molar-refractivity contribution in [2.75, 3.05) is 24.7 Å². The van der Waals surface area contributed by atoms with Gasteiger partial charge in [0.2, 0.25) is 5.91 Å². The van der Waals surface area contributed by atoms with Crippen molar-refractivity contribution in [2.24, 2.45) is 0 Å². The van der Waals surface area contributed by atoms with Crippen molar-refractivity contribution in [3.63, 3.8) is 0 Å². The lowest BCUT2D eigenvalue weighted by Gasteiger charge is -2.04. The van der Waals surface area contributed by atoms with Crippen molar-refractivity contribution < 1.29 is 23.7 Å². The van der Waals surface area contributed by atoms with Gasteiger partial charge in [-0.25, -0.2) is 4.57 Å². The maximum atomic E-state index is 10.9. The molecule has 0 saturated heterocycles. The van der Waals surface area contributed by atoms with Crippen LogP contribution >= 0.6 is 19.6 Å². The quantitative estimate of drug-likeness (QED) is 0.429. The molecule has 0 unspecified atom stereocenters. The van der Waals surface area contributed by atoms with Crippen LogP contribution in [0.1, 0.15) is 6.92 Å². The first kappa shape index (κ1) is 13.9. The maximum absolute atomic E-state index is 10.9. The Morgan fingerprint density at radius 2 is 2.21 bits per heavy atom. The minimum Gasteiger partial charge on any atom is -0.356 e. The number of hydrogen-bond donors (Lipinski definition) is 3. The van der Waals surface area contributed by atoms with E-state index in [0.29, 0.717) is 12.3 Å². The average Bonchev–Trinajstić information content (AvgIpc) is 2.02. The molecule has 0 aliphatic heterocycles. The van der Waals surface area contributed by atoms with E-state index >= 15 is 0 Å². The number of rotatable bonds is 7. The summed E-state index contributed by atoms with van der Waals surface area (Å²) in [5.74, 6) is 0.564. The number of phosphoric ester groups is 1. The molecular weight excluding hydrogens is 229 g/mol. The van der Waals surface area contributed by atoms with Gasteiger partial charge in [-0.15, -0.1) is 11.8 Å². The standard InChI is InChI=1S/C6H14NO5PS/c1-2-7-6(8)5-14-4-3-12-13(9,10)11/h2-5H2,1H3,(H,7,8)(H2,9,10,11). The molecule has 6 nitrogen and oxygen atoms in total. The molecule has 0 atom stereocenters. The van der Waals surface area contributed by atoms with E-state index in [9.17, 15) is 9.36 Å². The first-order valence-electron chi connectivity index (χ1n) is 4.00. The van der Waals surface area contributed by atoms with Gasteiger partial charge in [-0.2, -0.15) is 0 Å². The summed E-state index contributed by atoms with van der Waals surface area (Å²) in [7, 11) is -4.36. The Morgan fingerprint density at radius 1 is 1.57 bits per heavy atom. The fourth-order valence-corrected chi connectivity index (χ4v) is 1.71. The van der Waals surface area contributed by atoms with Crippen molar-refractivity contribution in [3.05, 3.63) is 0 Å². The molecule has 0 spiro atoms. The second-order valence-corrected chi connectivity index (χ2v) is 4.67. The molecule has 0 aliphatic carbocycles. The van der Waals surface area contributed by atoms with Crippen LogP contribution in [0, 0.1) is 0 Å². The third kappa shape index (κ3) is 10.0. The van der Waals surface area contributed by atoms with E-state index in [2.05, 4.69) is 9.84 Å². The Balaban J connectivity index is 3.30. The van der Waals surface area contributed by atoms with Crippen LogP contribution in [-0.4, -0.2) is 40.4 Å². The van der Waals surface area contributed by atoms with E-state index in [1.165, 1.54) is 11.8 Å². The molecule has 0 bridgehead atoms. The summed E-state index contributed by atoms with van der Waals surface area (Å²) in [6.45, 7) is 2.34. The Labute approximate surface area is 86.7 Å². The maximum Gasteiger partial charge on any atom is 0.469 e. The van der Waals surface area contributed by atoms with Gasteiger partial charge in [0.25, 0.3) is 0 Å². The zero-order valence-electron chi connectivity index (χ0n) is 7.80. The van der Waals surface area contributed by atoms with E-state index in [1.807, 2.05) is 6.92 Å². The summed E-state index contributed by atoms with van der Waals surface area (Å²) in [6, 6.07) is 0. The van der Waals surface area contributed by atoms with Crippen LogP contribution in [0.15, 0.2) is 0 Å². The third-order valence-electron chi connectivity index (χ3n) is 1.09. The number of nitrogens with one attached hydrogen (secondary N) is 1. The molecule has 0 aromatic heterocycles. The summed E-state index contributed by atoms with van der Waals surface area (Å²) < 4.78 is 14.4. The van der Waals surface area contributed by atoms with Gasteiger partial charge in [-0.1, -0.05) is 0 Å². The molecule has 3 N–H and O–H groups in total. The van der Waals surface area contributed by atoms with E-state index in [0.717, 1.165) is 0 Å². The van der Waals surface area contributed by atoms with E-state index < -0.39 is 7.82 Å². The van der Waals surface area contributed by atoms with Crippen molar-refractivity contribution in [2.45, 2.75) is 6.92 Å². The van der Waals surface area contributed by atoms with E-state index in [1.54, 1.807) is 0 Å². The van der Waals surface area contributed by atoms with Crippen LogP contribution in [0.25, 0.3) is 0 Å². The smallest absolute Gasteiger partial charge is 0.356 e. The Kier molecular flexibility index (Phi) is 7.22. The Hall–Kier alpha value is -0.0700. The van der Waals surface area contributed by atoms with Crippen molar-refractivity contribution >= 4 is 25.5 Å². The summed E-state index contributed by atoms with van der Waals surface area (Å²) in [4.78, 5) is 27.5. The van der Waals surface area contributed by atoms with Crippen LogP contribution in [0.4, 0.5) is 0 Å². The normalized spacial score (nSPS) is 11.4. The minimum absolute atomic E-state index is 0.0612. The second-order valence-electron chi connectivity index (χ2n) is 2.33. The zero-order chi connectivity index (χ0) is 11.0. The predicted molar refractivity (Wildman–Crippen MR) is 54.0 cm³/mol. The molecule has 0 fully saturated rings. The van der Waals surface area contributed by atoms with Crippen molar-refractivity contribution in [3.8, 4) is 0 Å². The van der Waals surface area contributed by atoms with Gasteiger partial charge >= 0.3 is 7.82 Å². The summed E-state index contributed by atoms with van der Waals surface area (Å²) in [6.07, 6.45) is 0. The van der Waals surface area contributed by atoms with Crippen molar-refractivity contribution in [1.29, 1.82) is 0 Å². The average molecular weight is 243 g/mol. The highest BCUT2D eigenvalue weighted by atomic mass is 32.2. The van der Waals surface area contributed by atoms with Gasteiger partial charge in [0.05, 0.1) is 12.4 Å². The Bertz CT molecular complexity index is 218. The number of thioether (sulfide) groups is 1. The van der Waals surface area contributed by atoms with E-state index in [-0.39, 0.29) is 18.3 Å². The molecule has 1 amide bonds. The van der Waals surface area contributed by atoms with Gasteiger partial charge < -0.3 is 15.1 Å². The number of carbonyl (C=O) groups excluding carboxylic acids is 1. The monoisotopic (exact) mass is 243 g/mol. The highest BCUT2D eigenvalue weighted by Gasteiger charge is 2.12. The molecule has 0 saturated carbocycles. The third-order valence-corrected chi connectivity index (χ3v) is 2.53. The summed E-state index contributed by atoms with van der Waals surface area (Å²) in [5.41, 5.74) is 0. The van der Waals surface area contributed by atoms with Crippen molar-refractivity contribution in [1.82, 2.24) is 5.32 Å². The largest absolute Gasteiger partial charge is 0.469 e. The fraction of sp³-hybridized carbons (Fsp3) is 0.833. The van der Waals surface area contributed by atoms with Gasteiger partial charge in [0, 0.05) is 12.3 Å². The number of carbonyl (C=O) groups is 1. The van der Waals surface area contributed by atoms with Gasteiger partial charge in [-0.05, 0) is 6.92 Å². The Morgan fingerprint density at radius 3 is 2.71 bits per heavy atom. The molecule has 0 heterocycles. The number of hydrogen-bond acceptors (Lipinski definition) is 4. The van der Waals surface area contributed by atoms with Crippen LogP contribution < -0.4 is 5.32 Å². The predicted octanol–water partition coefficient (Wildman–Crippen LogP) is -0.0350. The molecule has 0 rings (SSSR count). The SMILES string of the molecule is CCNC(=O)CSCCOP(=O)(O)O. The molecule has 0 radical (unpaired) electrons. The van der Waals surface area contributed by atoms with Gasteiger partial charge in [-0.3, -0.25) is 9.32 Å². The lowest BCUT2D eigenvalue weighted by Crippen LogP contribution is -2.24. The zero-order valence-corrected chi connectivity index (χ0v) is 9.51. The van der Waals surface area contributed by atoms with Crippen LogP contribution in [0.3, 0.4) is 0 Å². The van der Waals surface area contributed by atoms with Gasteiger partial charge in [0.15, 0.2) is 0 Å². The fourth-order valence-electron chi connectivity index (χ4n) is 0.628. The van der Waals surface area contributed by atoms with Crippen LogP contribution in [0.2, 0.25) is 0 Å². The molecule has 0 aromatic rings. The lowest BCUT2D eigenvalue weighted by atomic mass is 10.6. The van der Waals surface area contributed by atoms with Crippen LogP contribution in [0.5, 0.6) is 0 Å². The first-order valence-corrected chi connectivity index (χ1v) is 6.68. The molecular formula is C6H14NO5PS. The number of phosphoric acid groups is 1. The topological polar surface area (TPSA) is 95.9 Å². The highest BCUT2D eigenvalue weighted by molar-refractivity contribution is 7.99. The molecule has 14 heavy (non-hydrogen) atoms. The minimum atomic E-state index is -4.36. The highest BCUT2D eigenvalue weighted by Crippen LogP contribution is 2.35. The van der Waals surface area contributed by atoms with E-state index in [4.69, 9.17) is 9.79 Å². The second kappa shape index (κ2) is 7.25. The molecule has 84 valence electrons. The molecule has 0 aliphatic rings. The van der Waals surface area contributed by atoms with Crippen LogP contribution in [-0.2, 0) is 13.9 Å². The van der Waals surface area contributed by atoms with Gasteiger partial charge in [0.1, 0.15) is 0 Å². The molecule has 0 aromatic carbocycles. The number of amides is 1.